The number of thioether (sulfide) groups is 1. The predicted octanol–water partition coefficient (Wildman–Crippen LogP) is 3.46. The molecule has 10 heteroatoms. The third kappa shape index (κ3) is 7.59. The van der Waals surface area contributed by atoms with Crippen LogP contribution in [0.5, 0.6) is 5.75 Å². The van der Waals surface area contributed by atoms with E-state index in [9.17, 15) is 9.59 Å². The molecule has 1 aliphatic carbocycles. The molecule has 0 saturated heterocycles. The van der Waals surface area contributed by atoms with Crippen molar-refractivity contribution in [1.29, 1.82) is 0 Å². The summed E-state index contributed by atoms with van der Waals surface area (Å²) in [6, 6.07) is 2.59. The molecule has 2 atom stereocenters. The van der Waals surface area contributed by atoms with Crippen molar-refractivity contribution in [2.24, 2.45) is 16.1 Å². The van der Waals surface area contributed by atoms with Crippen molar-refractivity contribution >= 4 is 28.4 Å². The average molecular weight is 494 g/mol. The maximum Gasteiger partial charge on any atom is 0.339 e. The summed E-state index contributed by atoms with van der Waals surface area (Å²) in [5.74, 6) is 1.66. The Hall–Kier alpha value is -2.33. The Morgan fingerprint density at radius 3 is 2.91 bits per heavy atom. The van der Waals surface area contributed by atoms with E-state index in [1.807, 2.05) is 6.92 Å². The van der Waals surface area contributed by atoms with Crippen molar-refractivity contribution in [2.45, 2.75) is 70.9 Å². The average Bonchev–Trinajstić information content (AvgIpc) is 3.56. The summed E-state index contributed by atoms with van der Waals surface area (Å²) in [5.41, 5.74) is -0.852. The lowest BCUT2D eigenvalue weighted by Gasteiger charge is -2.24. The molecule has 2 aliphatic rings. The van der Waals surface area contributed by atoms with Gasteiger partial charge in [-0.05, 0) is 51.9 Å². The SMILES string of the molecule is CCC[C@@H](NC(=O)C1(C)CSC(/C(C)=N/OCCCCO)=N1)c1cc(OCC2CC2)cc(=O)o1. The monoisotopic (exact) mass is 493 g/mol. The van der Waals surface area contributed by atoms with E-state index >= 15 is 0 Å². The van der Waals surface area contributed by atoms with Crippen molar-refractivity contribution in [3.8, 4) is 5.75 Å². The number of nitrogens with one attached hydrogen (secondary N) is 1. The highest BCUT2D eigenvalue weighted by Gasteiger charge is 2.40. The van der Waals surface area contributed by atoms with E-state index in [0.717, 1.165) is 25.7 Å². The van der Waals surface area contributed by atoms with Crippen LogP contribution in [0.1, 0.15) is 71.1 Å². The van der Waals surface area contributed by atoms with Crippen molar-refractivity contribution in [3.63, 3.8) is 0 Å². The number of oxime groups is 1. The fourth-order valence-corrected chi connectivity index (χ4v) is 4.50. The van der Waals surface area contributed by atoms with Gasteiger partial charge < -0.3 is 24.4 Å². The quantitative estimate of drug-likeness (QED) is 0.231. The number of carbonyl (C=O) groups is 1. The highest BCUT2D eigenvalue weighted by Crippen LogP contribution is 2.32. The number of unbranched alkanes of at least 4 members (excludes halogenated alkanes) is 1. The van der Waals surface area contributed by atoms with E-state index in [1.165, 1.54) is 17.8 Å². The van der Waals surface area contributed by atoms with Gasteiger partial charge >= 0.3 is 5.63 Å². The molecule has 188 valence electrons. The summed E-state index contributed by atoms with van der Waals surface area (Å²) in [6.45, 7) is 6.72. The van der Waals surface area contributed by atoms with Gasteiger partial charge in [-0.1, -0.05) is 18.5 Å². The molecule has 0 spiro atoms. The largest absolute Gasteiger partial charge is 0.493 e. The van der Waals surface area contributed by atoms with Crippen LogP contribution in [0.25, 0.3) is 0 Å². The zero-order valence-corrected chi connectivity index (χ0v) is 21.0. The van der Waals surface area contributed by atoms with Crippen LogP contribution in [0.2, 0.25) is 0 Å². The highest BCUT2D eigenvalue weighted by atomic mass is 32.2. The van der Waals surface area contributed by atoms with Gasteiger partial charge in [0.2, 0.25) is 5.91 Å². The topological polar surface area (TPSA) is 123 Å². The summed E-state index contributed by atoms with van der Waals surface area (Å²) >= 11 is 1.46. The van der Waals surface area contributed by atoms with E-state index in [-0.39, 0.29) is 12.5 Å². The Balaban J connectivity index is 1.66. The molecule has 34 heavy (non-hydrogen) atoms. The van der Waals surface area contributed by atoms with Gasteiger partial charge in [0.15, 0.2) is 0 Å². The maximum absolute atomic E-state index is 13.2. The van der Waals surface area contributed by atoms with Crippen molar-refractivity contribution in [3.05, 3.63) is 28.3 Å². The predicted molar refractivity (Wildman–Crippen MR) is 133 cm³/mol. The summed E-state index contributed by atoms with van der Waals surface area (Å²) in [7, 11) is 0. The van der Waals surface area contributed by atoms with Gasteiger partial charge in [0, 0.05) is 18.4 Å². The fourth-order valence-electron chi connectivity index (χ4n) is 3.37. The Bertz CT molecular complexity index is 958. The van der Waals surface area contributed by atoms with Gasteiger partial charge in [-0.15, -0.1) is 11.8 Å². The lowest BCUT2D eigenvalue weighted by molar-refractivity contribution is -0.125. The number of hydrogen-bond acceptors (Lipinski definition) is 9. The molecular formula is C24H35N3O6S. The van der Waals surface area contributed by atoms with Gasteiger partial charge in [-0.3, -0.25) is 9.79 Å². The first-order chi connectivity index (χ1) is 16.3. The molecule has 1 aliphatic heterocycles. The second-order valence-electron chi connectivity index (χ2n) is 9.00. The zero-order valence-electron chi connectivity index (χ0n) is 20.2. The second-order valence-corrected chi connectivity index (χ2v) is 9.97. The van der Waals surface area contributed by atoms with Crippen LogP contribution in [0, 0.1) is 5.92 Å². The van der Waals surface area contributed by atoms with Crippen LogP contribution in [0.3, 0.4) is 0 Å². The lowest BCUT2D eigenvalue weighted by Crippen LogP contribution is -2.45. The molecular weight excluding hydrogens is 458 g/mol. The van der Waals surface area contributed by atoms with Crippen LogP contribution >= 0.6 is 11.8 Å². The first-order valence-corrected chi connectivity index (χ1v) is 12.9. The molecule has 1 aromatic heterocycles. The van der Waals surface area contributed by atoms with Gasteiger partial charge in [0.25, 0.3) is 0 Å². The number of rotatable bonds is 14. The number of ether oxygens (including phenoxy) is 1. The number of amides is 1. The van der Waals surface area contributed by atoms with Crippen LogP contribution in [0.4, 0.5) is 0 Å². The number of nitrogens with zero attached hydrogens (tertiary/aromatic N) is 2. The van der Waals surface area contributed by atoms with Crippen molar-refractivity contribution < 1.29 is 23.9 Å². The molecule has 1 unspecified atom stereocenters. The third-order valence-electron chi connectivity index (χ3n) is 5.65. The minimum absolute atomic E-state index is 0.127. The molecule has 2 N–H and O–H groups in total. The molecule has 1 saturated carbocycles. The smallest absolute Gasteiger partial charge is 0.339 e. The van der Waals surface area contributed by atoms with E-state index in [4.69, 9.17) is 19.1 Å². The highest BCUT2D eigenvalue weighted by molar-refractivity contribution is 8.16. The van der Waals surface area contributed by atoms with E-state index in [0.29, 0.717) is 60.0 Å². The van der Waals surface area contributed by atoms with Crippen LogP contribution in [-0.2, 0) is 9.63 Å². The minimum atomic E-state index is -0.972. The first kappa shape index (κ1) is 26.3. The number of aliphatic hydroxyl groups excluding tert-OH is 1. The van der Waals surface area contributed by atoms with Crippen LogP contribution in [0.15, 0.2) is 31.5 Å². The van der Waals surface area contributed by atoms with E-state index in [1.54, 1.807) is 19.9 Å². The van der Waals surface area contributed by atoms with Gasteiger partial charge in [-0.25, -0.2) is 4.79 Å². The Labute approximate surface area is 204 Å². The summed E-state index contributed by atoms with van der Waals surface area (Å²) in [6.07, 6.45) is 5.10. The van der Waals surface area contributed by atoms with E-state index in [2.05, 4.69) is 15.5 Å². The minimum Gasteiger partial charge on any atom is -0.493 e. The van der Waals surface area contributed by atoms with Gasteiger partial charge in [0.1, 0.15) is 34.4 Å². The van der Waals surface area contributed by atoms with Gasteiger partial charge in [-0.2, -0.15) is 0 Å². The Kier molecular flexibility index (Phi) is 9.58. The van der Waals surface area contributed by atoms with Crippen molar-refractivity contribution in [1.82, 2.24) is 5.32 Å². The number of hydrogen-bond donors (Lipinski definition) is 2. The number of aliphatic imine (C=N–C) groups is 1. The lowest BCUT2D eigenvalue weighted by atomic mass is 10.0. The molecule has 3 rings (SSSR count). The van der Waals surface area contributed by atoms with Gasteiger partial charge in [0.05, 0.1) is 18.7 Å². The second kappa shape index (κ2) is 12.4. The van der Waals surface area contributed by atoms with Crippen LogP contribution < -0.4 is 15.7 Å². The summed E-state index contributed by atoms with van der Waals surface area (Å²) in [4.78, 5) is 35.3. The third-order valence-corrected chi connectivity index (χ3v) is 7.02. The Morgan fingerprint density at radius 1 is 1.41 bits per heavy atom. The number of aliphatic hydroxyl groups is 1. The fraction of sp³-hybridized carbons (Fsp3) is 0.667. The zero-order chi connectivity index (χ0) is 24.6. The summed E-state index contributed by atoms with van der Waals surface area (Å²) in [5, 5.41) is 16.6. The maximum atomic E-state index is 13.2. The standard InChI is InChI=1S/C24H35N3O6S/c1-4-7-19(20-12-18(13-21(29)33-20)31-14-17-8-9-17)25-23(30)24(3)15-34-22(26-24)16(2)27-32-11-6-5-10-28/h12-13,17,19,28H,4-11,14-15H2,1-3H3,(H,25,30)/b27-16+/t19-,24?/m1/s1. The van der Waals surface area contributed by atoms with E-state index < -0.39 is 17.2 Å². The Morgan fingerprint density at radius 2 is 2.21 bits per heavy atom. The van der Waals surface area contributed by atoms with Crippen molar-refractivity contribution in [2.75, 3.05) is 25.6 Å². The molecule has 2 heterocycles. The molecule has 1 fully saturated rings. The molecule has 0 bridgehead atoms. The number of carbonyl (C=O) groups excluding carboxylic acids is 1. The first-order valence-electron chi connectivity index (χ1n) is 11.9. The molecule has 1 amide bonds. The van der Waals surface area contributed by atoms with Crippen LogP contribution in [-0.4, -0.2) is 52.9 Å². The summed E-state index contributed by atoms with van der Waals surface area (Å²) < 4.78 is 11.2. The normalized spacial score (nSPS) is 21.2. The molecule has 0 radical (unpaired) electrons. The molecule has 1 aromatic rings. The molecule has 0 aromatic carbocycles. The molecule has 9 nitrogen and oxygen atoms in total.